The first kappa shape index (κ1) is 18.6. The number of benzene rings is 1. The Morgan fingerprint density at radius 1 is 1.15 bits per heavy atom. The molecule has 0 amide bonds. The minimum atomic E-state index is 0.0712. The molecule has 1 saturated heterocycles. The van der Waals surface area contributed by atoms with Crippen LogP contribution in [0.4, 0.5) is 5.69 Å². The average Bonchev–Trinajstić information content (AvgIpc) is 3.19. The lowest BCUT2D eigenvalue weighted by Gasteiger charge is -2.38. The molecule has 0 saturated carbocycles. The summed E-state index contributed by atoms with van der Waals surface area (Å²) in [7, 11) is 1.84. The molecule has 6 heteroatoms. The lowest BCUT2D eigenvalue weighted by molar-refractivity contribution is 0.364. The number of thiophene rings is 1. The number of phenolic OH excluding ortho intramolecular Hbond substituents is 1. The predicted molar refractivity (Wildman–Crippen MR) is 111 cm³/mol. The highest BCUT2D eigenvalue weighted by atomic mass is 32.1. The molecule has 0 radical (unpaired) electrons. The first-order valence-electron chi connectivity index (χ1n) is 9.04. The predicted octanol–water partition coefficient (Wildman–Crippen LogP) is 3.13. The fourth-order valence-electron chi connectivity index (χ4n) is 3.27. The summed E-state index contributed by atoms with van der Waals surface area (Å²) in [6.07, 6.45) is 0. The molecule has 26 heavy (non-hydrogen) atoms. The van der Waals surface area contributed by atoms with E-state index in [4.69, 9.17) is 0 Å². The maximum absolute atomic E-state index is 10.1. The van der Waals surface area contributed by atoms with Gasteiger partial charge >= 0.3 is 0 Å². The molecule has 140 valence electrons. The first-order chi connectivity index (χ1) is 12.5. The number of para-hydroxylation sites is 2. The van der Waals surface area contributed by atoms with Crippen LogP contribution in [0.5, 0.6) is 5.75 Å². The molecular formula is C20H28N4OS. The molecule has 0 aliphatic carbocycles. The van der Waals surface area contributed by atoms with Crippen molar-refractivity contribution in [2.45, 2.75) is 19.3 Å². The van der Waals surface area contributed by atoms with E-state index >= 15 is 0 Å². The average molecular weight is 373 g/mol. The van der Waals surface area contributed by atoms with E-state index in [1.807, 2.05) is 25.2 Å². The van der Waals surface area contributed by atoms with E-state index in [0.717, 1.165) is 44.4 Å². The lowest BCUT2D eigenvalue weighted by atomic mass is 9.91. The van der Waals surface area contributed by atoms with Gasteiger partial charge in [-0.15, -0.1) is 11.3 Å². The highest BCUT2D eigenvalue weighted by molar-refractivity contribution is 7.10. The number of anilines is 1. The van der Waals surface area contributed by atoms with E-state index < -0.39 is 0 Å². The number of nitrogens with one attached hydrogen (secondary N) is 1. The zero-order valence-electron chi connectivity index (χ0n) is 15.8. The summed E-state index contributed by atoms with van der Waals surface area (Å²) in [5.74, 6) is 1.30. The van der Waals surface area contributed by atoms with E-state index in [1.165, 1.54) is 4.88 Å². The lowest BCUT2D eigenvalue weighted by Crippen LogP contribution is -2.53. The van der Waals surface area contributed by atoms with Crippen LogP contribution in [0.15, 0.2) is 46.8 Å². The van der Waals surface area contributed by atoms with Gasteiger partial charge in [-0.25, -0.2) is 0 Å². The maximum atomic E-state index is 10.1. The zero-order chi connectivity index (χ0) is 18.6. The van der Waals surface area contributed by atoms with Crippen molar-refractivity contribution < 1.29 is 5.11 Å². The van der Waals surface area contributed by atoms with E-state index in [1.54, 1.807) is 17.4 Å². The molecule has 0 spiro atoms. The molecule has 1 aromatic heterocycles. The van der Waals surface area contributed by atoms with E-state index in [2.05, 4.69) is 51.5 Å². The molecule has 1 aromatic carbocycles. The fourth-order valence-corrected chi connectivity index (χ4v) is 4.13. The van der Waals surface area contributed by atoms with E-state index in [-0.39, 0.29) is 5.41 Å². The van der Waals surface area contributed by atoms with Gasteiger partial charge in [0.25, 0.3) is 0 Å². The van der Waals surface area contributed by atoms with Crippen LogP contribution in [0.3, 0.4) is 0 Å². The van der Waals surface area contributed by atoms with Crippen LogP contribution >= 0.6 is 11.3 Å². The Morgan fingerprint density at radius 2 is 1.88 bits per heavy atom. The summed E-state index contributed by atoms with van der Waals surface area (Å²) in [6, 6.07) is 11.8. The van der Waals surface area contributed by atoms with Gasteiger partial charge in [-0.2, -0.15) is 0 Å². The summed E-state index contributed by atoms with van der Waals surface area (Å²) < 4.78 is 0. The third-order valence-corrected chi connectivity index (χ3v) is 6.13. The quantitative estimate of drug-likeness (QED) is 0.640. The molecular weight excluding hydrogens is 344 g/mol. The van der Waals surface area contributed by atoms with Crippen LogP contribution in [0.2, 0.25) is 0 Å². The second-order valence-corrected chi connectivity index (χ2v) is 8.17. The monoisotopic (exact) mass is 372 g/mol. The molecule has 1 aliphatic heterocycles. The van der Waals surface area contributed by atoms with E-state index in [0.29, 0.717) is 5.75 Å². The van der Waals surface area contributed by atoms with Gasteiger partial charge in [0.15, 0.2) is 5.96 Å². The number of nitrogens with zero attached hydrogens (tertiary/aromatic N) is 3. The van der Waals surface area contributed by atoms with Gasteiger partial charge in [0.05, 0.1) is 5.69 Å². The van der Waals surface area contributed by atoms with Gasteiger partial charge in [-0.05, 0) is 23.6 Å². The molecule has 2 heterocycles. The molecule has 1 fully saturated rings. The van der Waals surface area contributed by atoms with Crippen LogP contribution in [0.25, 0.3) is 0 Å². The Morgan fingerprint density at radius 3 is 2.50 bits per heavy atom. The van der Waals surface area contributed by atoms with Gasteiger partial charge in [0.2, 0.25) is 0 Å². The Bertz CT molecular complexity index is 734. The van der Waals surface area contributed by atoms with Crippen LogP contribution < -0.4 is 10.2 Å². The van der Waals surface area contributed by atoms with E-state index in [9.17, 15) is 5.11 Å². The highest BCUT2D eigenvalue weighted by Crippen LogP contribution is 2.28. The van der Waals surface area contributed by atoms with Crippen molar-refractivity contribution in [2.75, 3.05) is 44.7 Å². The standard InChI is InChI=1S/C20H28N4OS/c1-20(2,18-9-6-14-26-18)15-22-19(21-3)24-12-10-23(11-13-24)16-7-4-5-8-17(16)25/h4-9,14,25H,10-13,15H2,1-3H3,(H,21,22). The summed E-state index contributed by atoms with van der Waals surface area (Å²) in [5, 5.41) is 15.7. The Labute approximate surface area is 160 Å². The molecule has 2 aromatic rings. The first-order valence-corrected chi connectivity index (χ1v) is 9.92. The third-order valence-electron chi connectivity index (χ3n) is 4.89. The minimum absolute atomic E-state index is 0.0712. The van der Waals surface area contributed by atoms with Gasteiger partial charge in [-0.1, -0.05) is 32.0 Å². The normalized spacial score (nSPS) is 16.0. The van der Waals surface area contributed by atoms with Crippen LogP contribution in [0.1, 0.15) is 18.7 Å². The highest BCUT2D eigenvalue weighted by Gasteiger charge is 2.25. The van der Waals surface area contributed by atoms with Crippen molar-refractivity contribution >= 4 is 23.0 Å². The zero-order valence-corrected chi connectivity index (χ0v) is 16.6. The summed E-state index contributed by atoms with van der Waals surface area (Å²) in [6.45, 7) is 8.87. The van der Waals surface area contributed by atoms with Crippen molar-refractivity contribution in [2.24, 2.45) is 4.99 Å². The molecule has 0 bridgehead atoms. The summed E-state index contributed by atoms with van der Waals surface area (Å²) >= 11 is 1.80. The van der Waals surface area contributed by atoms with Crippen molar-refractivity contribution in [1.29, 1.82) is 0 Å². The van der Waals surface area contributed by atoms with Crippen molar-refractivity contribution in [3.63, 3.8) is 0 Å². The number of aromatic hydroxyl groups is 1. The van der Waals surface area contributed by atoms with Gasteiger partial charge in [0, 0.05) is 50.1 Å². The molecule has 3 rings (SSSR count). The van der Waals surface area contributed by atoms with Crippen molar-refractivity contribution in [1.82, 2.24) is 10.2 Å². The topological polar surface area (TPSA) is 51.1 Å². The molecule has 5 nitrogen and oxygen atoms in total. The number of rotatable bonds is 4. The van der Waals surface area contributed by atoms with Crippen LogP contribution in [0, 0.1) is 0 Å². The summed E-state index contributed by atoms with van der Waals surface area (Å²) in [5.41, 5.74) is 0.982. The number of piperazine rings is 1. The van der Waals surface area contributed by atoms with Crippen LogP contribution in [-0.2, 0) is 5.41 Å². The third kappa shape index (κ3) is 4.12. The number of hydrogen-bond acceptors (Lipinski definition) is 4. The Balaban J connectivity index is 1.57. The Hall–Kier alpha value is -2.21. The Kier molecular flexibility index (Phi) is 5.71. The fraction of sp³-hybridized carbons (Fsp3) is 0.450. The largest absolute Gasteiger partial charge is 0.506 e. The molecule has 0 unspecified atom stereocenters. The van der Waals surface area contributed by atoms with Crippen LogP contribution in [-0.4, -0.2) is 55.7 Å². The van der Waals surface area contributed by atoms with Crippen molar-refractivity contribution in [3.05, 3.63) is 46.7 Å². The molecule has 1 aliphatic rings. The number of guanidine groups is 1. The molecule has 0 atom stereocenters. The maximum Gasteiger partial charge on any atom is 0.193 e. The second-order valence-electron chi connectivity index (χ2n) is 7.22. The second kappa shape index (κ2) is 7.99. The summed E-state index contributed by atoms with van der Waals surface area (Å²) in [4.78, 5) is 10.4. The minimum Gasteiger partial charge on any atom is -0.506 e. The van der Waals surface area contributed by atoms with Gasteiger partial charge in [-0.3, -0.25) is 4.99 Å². The van der Waals surface area contributed by atoms with Gasteiger partial charge in [0.1, 0.15) is 5.75 Å². The number of hydrogen-bond donors (Lipinski definition) is 2. The number of phenols is 1. The van der Waals surface area contributed by atoms with Gasteiger partial charge < -0.3 is 20.2 Å². The SMILES string of the molecule is CN=C(NCC(C)(C)c1cccs1)N1CCN(c2ccccc2O)CC1. The molecule has 2 N–H and O–H groups in total. The van der Waals surface area contributed by atoms with Crippen molar-refractivity contribution in [3.8, 4) is 5.75 Å². The smallest absolute Gasteiger partial charge is 0.193 e. The number of aliphatic imine (C=N–C) groups is 1.